The number of halogens is 4. The van der Waals surface area contributed by atoms with Gasteiger partial charge in [-0.2, -0.15) is 0 Å². The molecule has 0 amide bonds. The van der Waals surface area contributed by atoms with Crippen LogP contribution in [0.15, 0.2) is 237 Å². The lowest BCUT2D eigenvalue weighted by molar-refractivity contribution is 0.585. The molecule has 12 rings (SSSR count). The zero-order chi connectivity index (χ0) is 48.0. The molecule has 0 saturated heterocycles. The average molecular weight is 926 g/mol. The fourth-order valence-electron chi connectivity index (χ4n) is 9.83. The van der Waals surface area contributed by atoms with Gasteiger partial charge in [0.15, 0.2) is 0 Å². The van der Waals surface area contributed by atoms with Crippen molar-refractivity contribution in [3.05, 3.63) is 260 Å². The molecule has 338 valence electrons. The van der Waals surface area contributed by atoms with E-state index < -0.39 is 17.5 Å². The molecule has 7 heteroatoms. The summed E-state index contributed by atoms with van der Waals surface area (Å²) in [6.45, 7) is 0. The molecule has 0 saturated carbocycles. The third-order valence-corrected chi connectivity index (χ3v) is 13.2. The van der Waals surface area contributed by atoms with Crippen molar-refractivity contribution in [1.82, 2.24) is 14.5 Å². The van der Waals surface area contributed by atoms with Crippen LogP contribution in [-0.4, -0.2) is 14.5 Å². The van der Waals surface area contributed by atoms with Gasteiger partial charge in [-0.15, -0.1) is 0 Å². The number of nitrogens with zero attached hydrogens (tertiary/aromatic N) is 3. The third kappa shape index (κ3) is 8.13. The Labute approximate surface area is 407 Å². The first-order valence-electron chi connectivity index (χ1n) is 23.2. The van der Waals surface area contributed by atoms with Crippen molar-refractivity contribution < 1.29 is 17.6 Å². The number of pyridine rings is 2. The van der Waals surface area contributed by atoms with Crippen molar-refractivity contribution in [2.75, 3.05) is 0 Å². The monoisotopic (exact) mass is 925 g/mol. The molecule has 12 aromatic rings. The van der Waals surface area contributed by atoms with Crippen LogP contribution < -0.4 is 0 Å². The summed E-state index contributed by atoms with van der Waals surface area (Å²) in [6.07, 6.45) is 3.55. The van der Waals surface area contributed by atoms with Crippen LogP contribution in [0.1, 0.15) is 0 Å². The number of hydrogen-bond acceptors (Lipinski definition) is 2. The average Bonchev–Trinajstić information content (AvgIpc) is 3.75. The summed E-state index contributed by atoms with van der Waals surface area (Å²) in [5, 5.41) is 2.25. The van der Waals surface area contributed by atoms with Gasteiger partial charge in [-0.3, -0.25) is 9.97 Å². The van der Waals surface area contributed by atoms with Gasteiger partial charge in [0, 0.05) is 57.2 Å². The van der Waals surface area contributed by atoms with Gasteiger partial charge in [0.25, 0.3) is 0 Å². The van der Waals surface area contributed by atoms with Crippen molar-refractivity contribution in [1.29, 1.82) is 0 Å². The van der Waals surface area contributed by atoms with Crippen LogP contribution in [0.2, 0.25) is 0 Å². The Hall–Kier alpha value is -9.20. The van der Waals surface area contributed by atoms with Crippen molar-refractivity contribution in [2.24, 2.45) is 0 Å². The molecular weight excluding hydrogens is 887 g/mol. The fraction of sp³-hybridized carbons (Fsp3) is 0. The molecule has 0 unspecified atom stereocenters. The molecule has 3 aromatic heterocycles. The summed E-state index contributed by atoms with van der Waals surface area (Å²) in [4.78, 5) is 9.66. The molecule has 0 fully saturated rings. The van der Waals surface area contributed by atoms with Gasteiger partial charge < -0.3 is 4.57 Å². The Morgan fingerprint density at radius 3 is 1.66 bits per heavy atom. The van der Waals surface area contributed by atoms with Gasteiger partial charge in [-0.1, -0.05) is 121 Å². The van der Waals surface area contributed by atoms with E-state index in [1.807, 2.05) is 66.9 Å². The van der Waals surface area contributed by atoms with E-state index in [1.54, 1.807) is 30.5 Å². The van der Waals surface area contributed by atoms with E-state index in [0.29, 0.717) is 33.5 Å². The van der Waals surface area contributed by atoms with Crippen LogP contribution in [0.25, 0.3) is 117 Å². The normalized spacial score (nSPS) is 11.4. The predicted octanol–water partition coefficient (Wildman–Crippen LogP) is 17.5. The van der Waals surface area contributed by atoms with Gasteiger partial charge >= 0.3 is 0 Å². The van der Waals surface area contributed by atoms with E-state index in [1.165, 1.54) is 36.4 Å². The van der Waals surface area contributed by atoms with Crippen molar-refractivity contribution in [3.63, 3.8) is 0 Å². The number of aromatic nitrogens is 3. The molecule has 3 nitrogen and oxygen atoms in total. The highest BCUT2D eigenvalue weighted by Gasteiger charge is 2.21. The summed E-state index contributed by atoms with van der Waals surface area (Å²) in [5.41, 5.74) is 15.0. The molecule has 0 spiro atoms. The number of para-hydroxylation sites is 2. The highest BCUT2D eigenvalue weighted by atomic mass is 19.1. The smallest absolute Gasteiger partial charge is 0.135 e. The molecule has 9 aromatic carbocycles. The summed E-state index contributed by atoms with van der Waals surface area (Å²) in [6, 6.07) is 69.9. The Kier molecular flexibility index (Phi) is 10.9. The quantitative estimate of drug-likeness (QED) is 0.135. The van der Waals surface area contributed by atoms with Gasteiger partial charge in [-0.05, 0) is 153 Å². The van der Waals surface area contributed by atoms with Crippen molar-refractivity contribution in [2.45, 2.75) is 0 Å². The van der Waals surface area contributed by atoms with Crippen LogP contribution in [0, 0.1) is 23.3 Å². The minimum atomic E-state index is -0.724. The molecule has 0 radical (unpaired) electrons. The Bertz CT molecular complexity index is 3980. The van der Waals surface area contributed by atoms with Crippen LogP contribution in [0.5, 0.6) is 0 Å². The van der Waals surface area contributed by atoms with Crippen LogP contribution in [0.4, 0.5) is 17.6 Å². The van der Waals surface area contributed by atoms with Crippen LogP contribution in [0.3, 0.4) is 0 Å². The van der Waals surface area contributed by atoms with Crippen LogP contribution >= 0.6 is 0 Å². The highest BCUT2D eigenvalue weighted by molar-refractivity contribution is 6.11. The minimum absolute atomic E-state index is 0.160. The maximum atomic E-state index is 15.6. The SMILES string of the molecule is Fc1cccc(-c2cc(-c3cc(F)ccc3-c3ccc(-c4ccc(F)cc4F)nc3)cc(-c3ccccc3-c3cnc(-c4ccccc4)cc3-c3ccc4c(c3)c3ccccc3n4-c3ccccc3)c2)c1. The van der Waals surface area contributed by atoms with E-state index >= 15 is 8.78 Å². The maximum absolute atomic E-state index is 15.6. The van der Waals surface area contributed by atoms with E-state index in [9.17, 15) is 8.78 Å². The molecule has 0 atom stereocenters. The minimum Gasteiger partial charge on any atom is -0.309 e. The molecule has 71 heavy (non-hydrogen) atoms. The molecule has 0 aliphatic heterocycles. The molecule has 3 heterocycles. The molecule has 0 aliphatic carbocycles. The second-order valence-electron chi connectivity index (χ2n) is 17.5. The molecule has 0 bridgehead atoms. The van der Waals surface area contributed by atoms with Crippen molar-refractivity contribution in [3.8, 4) is 95.0 Å². The Balaban J connectivity index is 1.05. The second-order valence-corrected chi connectivity index (χ2v) is 17.5. The fourth-order valence-corrected chi connectivity index (χ4v) is 9.83. The first kappa shape index (κ1) is 43.1. The number of benzene rings is 9. The summed E-state index contributed by atoms with van der Waals surface area (Å²) in [5.74, 6) is -2.24. The van der Waals surface area contributed by atoms with E-state index in [0.717, 1.165) is 83.8 Å². The maximum Gasteiger partial charge on any atom is 0.135 e. The largest absolute Gasteiger partial charge is 0.309 e. The van der Waals surface area contributed by atoms with Crippen molar-refractivity contribution >= 4 is 21.8 Å². The molecule has 0 aliphatic rings. The number of hydrogen-bond donors (Lipinski definition) is 0. The highest BCUT2D eigenvalue weighted by Crippen LogP contribution is 2.44. The zero-order valence-electron chi connectivity index (χ0n) is 37.9. The Morgan fingerprint density at radius 2 is 0.887 bits per heavy atom. The topological polar surface area (TPSA) is 30.7 Å². The van der Waals surface area contributed by atoms with Gasteiger partial charge in [0.1, 0.15) is 23.3 Å². The lowest BCUT2D eigenvalue weighted by atomic mass is 9.86. The van der Waals surface area contributed by atoms with Crippen LogP contribution in [-0.2, 0) is 0 Å². The molecular formula is C64H39F4N3. The lowest BCUT2D eigenvalue weighted by Crippen LogP contribution is -1.95. The third-order valence-electron chi connectivity index (χ3n) is 13.2. The number of fused-ring (bicyclic) bond motifs is 3. The Morgan fingerprint density at radius 1 is 0.282 bits per heavy atom. The summed E-state index contributed by atoms with van der Waals surface area (Å²) >= 11 is 0. The van der Waals surface area contributed by atoms with E-state index in [-0.39, 0.29) is 11.4 Å². The first-order valence-corrected chi connectivity index (χ1v) is 23.2. The summed E-state index contributed by atoms with van der Waals surface area (Å²) < 4.78 is 61.5. The zero-order valence-corrected chi connectivity index (χ0v) is 37.9. The van der Waals surface area contributed by atoms with Gasteiger partial charge in [-0.25, -0.2) is 17.6 Å². The first-order chi connectivity index (χ1) is 34.8. The standard InChI is InChI=1S/C64H39F4N3/c65-47-15-11-14-41(33-47)44-30-45(32-46(31-44)56-35-48(66)24-26-52(56)43-22-28-61(69-38-43)55-27-25-49(67)36-60(55)68)51-18-7-8-19-53(51)59-39-70-62(40-12-3-1-4-13-40)37-57(59)42-23-29-64-58(34-42)54-20-9-10-21-63(54)71(64)50-16-5-2-6-17-50/h1-39H. The van der Waals surface area contributed by atoms with Gasteiger partial charge in [0.2, 0.25) is 0 Å². The van der Waals surface area contributed by atoms with E-state index in [2.05, 4.69) is 107 Å². The molecule has 0 N–H and O–H groups in total. The predicted molar refractivity (Wildman–Crippen MR) is 280 cm³/mol. The number of rotatable bonds is 9. The van der Waals surface area contributed by atoms with Gasteiger partial charge in [0.05, 0.1) is 22.4 Å². The second kappa shape index (κ2) is 18.0. The van der Waals surface area contributed by atoms with E-state index in [4.69, 9.17) is 4.98 Å². The summed E-state index contributed by atoms with van der Waals surface area (Å²) in [7, 11) is 0. The lowest BCUT2D eigenvalue weighted by Gasteiger charge is -2.18.